The Morgan fingerprint density at radius 3 is 1.67 bits per heavy atom. The largest absolute Gasteiger partial charge is 0.252 e. The molecule has 0 radical (unpaired) electrons. The maximum absolute atomic E-state index is 13.5. The van der Waals surface area contributed by atoms with Gasteiger partial charge in [-0.15, -0.1) is 0 Å². The van der Waals surface area contributed by atoms with Gasteiger partial charge >= 0.3 is 0 Å². The normalized spacial score (nSPS) is 10.8. The van der Waals surface area contributed by atoms with Crippen molar-refractivity contribution in [3.63, 3.8) is 0 Å². The summed E-state index contributed by atoms with van der Waals surface area (Å²) in [6.07, 6.45) is 0. The van der Waals surface area contributed by atoms with Crippen LogP contribution in [0.3, 0.4) is 0 Å². The van der Waals surface area contributed by atoms with Gasteiger partial charge in [0.05, 0.1) is 15.6 Å². The van der Waals surface area contributed by atoms with Crippen LogP contribution in [0.2, 0.25) is 10.0 Å². The predicted octanol–water partition coefficient (Wildman–Crippen LogP) is 4.61. The molecule has 0 fully saturated rings. The topological polar surface area (TPSA) is 12.9 Å². The maximum Gasteiger partial charge on any atom is 0.252 e. The van der Waals surface area contributed by atoms with Crippen LogP contribution >= 0.6 is 23.2 Å². The number of nitrogens with zero attached hydrogens (tertiary/aromatic N) is 1. The van der Waals surface area contributed by atoms with Crippen LogP contribution < -0.4 is 0 Å². The van der Waals surface area contributed by atoms with E-state index in [0.29, 0.717) is 0 Å². The fourth-order valence-corrected chi connectivity index (χ4v) is 2.03. The van der Waals surface area contributed by atoms with E-state index in [-0.39, 0.29) is 15.6 Å². The fraction of sp³-hybridized carbons (Fsp3) is 0. The van der Waals surface area contributed by atoms with Crippen molar-refractivity contribution in [2.45, 2.75) is 0 Å². The summed E-state index contributed by atoms with van der Waals surface area (Å²) in [5.41, 5.74) is -1.30. The molecular formula is C11H3Cl2F4N. The molecule has 1 aromatic carbocycles. The molecule has 0 saturated heterocycles. The molecule has 0 bridgehead atoms. The molecule has 1 nitrogen and oxygen atoms in total. The third-order valence-corrected chi connectivity index (χ3v) is 2.84. The van der Waals surface area contributed by atoms with Gasteiger partial charge in [-0.3, -0.25) is 0 Å². The summed E-state index contributed by atoms with van der Waals surface area (Å²) >= 11 is 11.5. The van der Waals surface area contributed by atoms with Crippen LogP contribution in [0.1, 0.15) is 0 Å². The van der Waals surface area contributed by atoms with E-state index in [1.165, 1.54) is 18.2 Å². The molecule has 0 N–H and O–H groups in total. The molecule has 0 spiro atoms. The number of rotatable bonds is 1. The average Bonchev–Trinajstić information content (AvgIpc) is 2.30. The van der Waals surface area contributed by atoms with Crippen molar-refractivity contribution in [3.05, 3.63) is 51.8 Å². The lowest BCUT2D eigenvalue weighted by molar-refractivity contribution is 0.410. The lowest BCUT2D eigenvalue weighted by Gasteiger charge is -2.09. The summed E-state index contributed by atoms with van der Waals surface area (Å²) in [5.74, 6) is -6.83. The standard InChI is InChI=1S/C11H3Cl2F4N/c12-4-2-1-3-5(13)6(4)7-8(14)10(16)18-11(17)9(7)15/h1-3H. The van der Waals surface area contributed by atoms with Crippen molar-refractivity contribution < 1.29 is 17.6 Å². The fourth-order valence-electron chi connectivity index (χ4n) is 1.44. The molecule has 18 heavy (non-hydrogen) atoms. The van der Waals surface area contributed by atoms with Gasteiger partial charge in [-0.25, -0.2) is 8.78 Å². The van der Waals surface area contributed by atoms with Crippen LogP contribution in [0.15, 0.2) is 18.2 Å². The molecule has 0 aliphatic heterocycles. The zero-order valence-electron chi connectivity index (χ0n) is 8.45. The SMILES string of the molecule is Fc1nc(F)c(F)c(-c2c(Cl)cccc2Cl)c1F. The molecule has 1 aromatic heterocycles. The van der Waals surface area contributed by atoms with Gasteiger partial charge in [0.15, 0.2) is 11.6 Å². The summed E-state index contributed by atoms with van der Waals surface area (Å²) in [6, 6.07) is 4.01. The lowest BCUT2D eigenvalue weighted by atomic mass is 10.1. The van der Waals surface area contributed by atoms with Gasteiger partial charge in [-0.05, 0) is 12.1 Å². The van der Waals surface area contributed by atoms with Gasteiger partial charge in [0.2, 0.25) is 0 Å². The second kappa shape index (κ2) is 4.74. The average molecular weight is 296 g/mol. The van der Waals surface area contributed by atoms with Gasteiger partial charge in [-0.2, -0.15) is 13.8 Å². The van der Waals surface area contributed by atoms with Crippen molar-refractivity contribution in [1.29, 1.82) is 0 Å². The van der Waals surface area contributed by atoms with E-state index < -0.39 is 29.1 Å². The summed E-state index contributed by atoms with van der Waals surface area (Å²) < 4.78 is 53.0. The van der Waals surface area contributed by atoms with Crippen LogP contribution in [0.4, 0.5) is 17.6 Å². The molecule has 0 amide bonds. The van der Waals surface area contributed by atoms with Crippen LogP contribution in [0.25, 0.3) is 11.1 Å². The van der Waals surface area contributed by atoms with Crippen LogP contribution in [0, 0.1) is 23.5 Å². The minimum absolute atomic E-state index is 0.134. The molecular weight excluding hydrogens is 293 g/mol. The highest BCUT2D eigenvalue weighted by molar-refractivity contribution is 6.39. The molecule has 2 rings (SSSR count). The number of hydrogen-bond acceptors (Lipinski definition) is 1. The molecule has 0 saturated carbocycles. The first-order valence-corrected chi connectivity index (χ1v) is 5.33. The Balaban J connectivity index is 2.87. The highest BCUT2D eigenvalue weighted by atomic mass is 35.5. The lowest BCUT2D eigenvalue weighted by Crippen LogP contribution is -2.03. The molecule has 94 valence electrons. The van der Waals surface area contributed by atoms with E-state index in [1.807, 2.05) is 0 Å². The molecule has 0 aliphatic rings. The number of pyridine rings is 1. The predicted molar refractivity (Wildman–Crippen MR) is 59.5 cm³/mol. The Labute approximate surface area is 109 Å². The minimum Gasteiger partial charge on any atom is -0.201 e. The van der Waals surface area contributed by atoms with Crippen molar-refractivity contribution in [2.24, 2.45) is 0 Å². The molecule has 0 aliphatic carbocycles. The first-order chi connectivity index (χ1) is 8.43. The zero-order chi connectivity index (χ0) is 13.4. The van der Waals surface area contributed by atoms with Crippen LogP contribution in [-0.4, -0.2) is 4.98 Å². The maximum atomic E-state index is 13.5. The number of hydrogen-bond donors (Lipinski definition) is 0. The Hall–Kier alpha value is -1.33. The second-order valence-electron chi connectivity index (χ2n) is 3.29. The van der Waals surface area contributed by atoms with E-state index in [4.69, 9.17) is 23.2 Å². The summed E-state index contributed by atoms with van der Waals surface area (Å²) in [7, 11) is 0. The number of aromatic nitrogens is 1. The van der Waals surface area contributed by atoms with Gasteiger partial charge < -0.3 is 0 Å². The van der Waals surface area contributed by atoms with Gasteiger partial charge in [0, 0.05) is 5.56 Å². The Bertz CT molecular complexity index is 584. The third kappa shape index (κ3) is 2.04. The van der Waals surface area contributed by atoms with Crippen molar-refractivity contribution in [2.75, 3.05) is 0 Å². The Morgan fingerprint density at radius 2 is 1.22 bits per heavy atom. The van der Waals surface area contributed by atoms with Crippen molar-refractivity contribution in [3.8, 4) is 11.1 Å². The molecule has 0 atom stereocenters. The summed E-state index contributed by atoms with van der Waals surface area (Å²) in [5, 5.41) is -0.268. The monoisotopic (exact) mass is 295 g/mol. The summed E-state index contributed by atoms with van der Waals surface area (Å²) in [6.45, 7) is 0. The van der Waals surface area contributed by atoms with E-state index in [2.05, 4.69) is 4.98 Å². The first kappa shape index (κ1) is 13.1. The van der Waals surface area contributed by atoms with E-state index >= 15 is 0 Å². The van der Waals surface area contributed by atoms with E-state index in [9.17, 15) is 17.6 Å². The number of benzene rings is 1. The first-order valence-electron chi connectivity index (χ1n) is 4.58. The molecule has 1 heterocycles. The van der Waals surface area contributed by atoms with Gasteiger partial charge in [-0.1, -0.05) is 29.3 Å². The smallest absolute Gasteiger partial charge is 0.201 e. The zero-order valence-corrected chi connectivity index (χ0v) is 9.96. The van der Waals surface area contributed by atoms with Crippen molar-refractivity contribution >= 4 is 23.2 Å². The quantitative estimate of drug-likeness (QED) is 0.553. The Kier molecular flexibility index (Phi) is 3.45. The van der Waals surface area contributed by atoms with Crippen molar-refractivity contribution in [1.82, 2.24) is 4.98 Å². The van der Waals surface area contributed by atoms with Gasteiger partial charge in [0.1, 0.15) is 0 Å². The number of halogens is 6. The van der Waals surface area contributed by atoms with E-state index in [0.717, 1.165) is 0 Å². The second-order valence-corrected chi connectivity index (χ2v) is 4.11. The molecule has 0 unspecified atom stereocenters. The minimum atomic E-state index is -1.76. The molecule has 7 heteroatoms. The van der Waals surface area contributed by atoms with Crippen LogP contribution in [-0.2, 0) is 0 Å². The van der Waals surface area contributed by atoms with Gasteiger partial charge in [0.25, 0.3) is 11.9 Å². The summed E-state index contributed by atoms with van der Waals surface area (Å²) in [4.78, 5) is 2.45. The highest BCUT2D eigenvalue weighted by Gasteiger charge is 2.25. The van der Waals surface area contributed by atoms with Crippen LogP contribution in [0.5, 0.6) is 0 Å². The highest BCUT2D eigenvalue weighted by Crippen LogP contribution is 2.38. The molecule has 2 aromatic rings. The van der Waals surface area contributed by atoms with E-state index in [1.54, 1.807) is 0 Å². The third-order valence-electron chi connectivity index (χ3n) is 2.21. The Morgan fingerprint density at radius 1 is 0.778 bits per heavy atom.